The van der Waals surface area contributed by atoms with E-state index in [9.17, 15) is 9.59 Å². The van der Waals surface area contributed by atoms with Crippen LogP contribution in [0.3, 0.4) is 0 Å². The molecular formula is C12H19NO4. The molecule has 2 bridgehead atoms. The van der Waals surface area contributed by atoms with Crippen LogP contribution < -0.4 is 0 Å². The summed E-state index contributed by atoms with van der Waals surface area (Å²) in [5.74, 6) is -1.09. The zero-order chi connectivity index (χ0) is 12.8. The third-order valence-corrected chi connectivity index (χ3v) is 3.50. The third-order valence-electron chi connectivity index (χ3n) is 3.50. The maximum absolute atomic E-state index is 11.9. The van der Waals surface area contributed by atoms with Gasteiger partial charge in [-0.15, -0.1) is 0 Å². The van der Waals surface area contributed by atoms with Gasteiger partial charge in [0.1, 0.15) is 5.60 Å². The molecular weight excluding hydrogens is 222 g/mol. The van der Waals surface area contributed by atoms with Crippen LogP contribution in [-0.2, 0) is 9.53 Å². The summed E-state index contributed by atoms with van der Waals surface area (Å²) in [4.78, 5) is 24.7. The van der Waals surface area contributed by atoms with Crippen LogP contribution in [0.15, 0.2) is 0 Å². The van der Waals surface area contributed by atoms with E-state index < -0.39 is 17.5 Å². The fourth-order valence-electron chi connectivity index (χ4n) is 2.90. The summed E-state index contributed by atoms with van der Waals surface area (Å²) < 4.78 is 5.30. The summed E-state index contributed by atoms with van der Waals surface area (Å²) in [6.07, 6.45) is 1.30. The van der Waals surface area contributed by atoms with E-state index >= 15 is 0 Å². The first-order chi connectivity index (χ1) is 7.79. The first kappa shape index (κ1) is 12.2. The minimum absolute atomic E-state index is 0.102. The molecule has 2 aliphatic rings. The van der Waals surface area contributed by atoms with E-state index in [-0.39, 0.29) is 18.1 Å². The van der Waals surface area contributed by atoms with E-state index in [0.29, 0.717) is 6.54 Å². The van der Waals surface area contributed by atoms with E-state index in [2.05, 4.69) is 0 Å². The molecule has 0 unspecified atom stereocenters. The van der Waals surface area contributed by atoms with Gasteiger partial charge in [-0.25, -0.2) is 4.79 Å². The Morgan fingerprint density at radius 3 is 2.41 bits per heavy atom. The second-order valence-electron chi connectivity index (χ2n) is 5.90. The van der Waals surface area contributed by atoms with Gasteiger partial charge in [-0.3, -0.25) is 4.79 Å². The van der Waals surface area contributed by atoms with Crippen LogP contribution in [0.5, 0.6) is 0 Å². The van der Waals surface area contributed by atoms with Crippen molar-refractivity contribution >= 4 is 12.1 Å². The number of hydrogen-bond acceptors (Lipinski definition) is 3. The number of aliphatic carboxylic acids is 1. The highest BCUT2D eigenvalue weighted by atomic mass is 16.6. The van der Waals surface area contributed by atoms with Crippen LogP contribution in [0, 0.1) is 11.8 Å². The summed E-state index contributed by atoms with van der Waals surface area (Å²) in [5.41, 5.74) is -0.530. The Bertz CT molecular complexity index is 347. The number of amides is 1. The zero-order valence-electron chi connectivity index (χ0n) is 10.5. The van der Waals surface area contributed by atoms with Gasteiger partial charge in [0, 0.05) is 12.6 Å². The maximum atomic E-state index is 11.9. The van der Waals surface area contributed by atoms with Crippen molar-refractivity contribution in [1.29, 1.82) is 0 Å². The van der Waals surface area contributed by atoms with Crippen LogP contribution in [0.1, 0.15) is 33.6 Å². The van der Waals surface area contributed by atoms with Crippen molar-refractivity contribution in [2.24, 2.45) is 11.8 Å². The van der Waals surface area contributed by atoms with E-state index in [1.807, 2.05) is 20.8 Å². The number of fused-ring (bicyclic) bond motifs is 2. The first-order valence-electron chi connectivity index (χ1n) is 6.02. The molecule has 3 atom stereocenters. The Morgan fingerprint density at radius 1 is 1.29 bits per heavy atom. The standard InChI is InChI=1S/C12H19NO4/c1-12(2,3)17-11(16)13-6-7-4-5-8(13)9(7)10(14)15/h7-9H,4-6H2,1-3H3,(H,14,15)/t7-,8-,9+/m0/s1. The molecule has 0 aromatic rings. The molecule has 1 saturated heterocycles. The van der Waals surface area contributed by atoms with E-state index in [1.54, 1.807) is 4.90 Å². The number of carboxylic acid groups (broad SMARTS) is 1. The van der Waals surface area contributed by atoms with Gasteiger partial charge in [-0.1, -0.05) is 0 Å². The average Bonchev–Trinajstić information content (AvgIpc) is 2.70. The Labute approximate surface area is 101 Å². The molecule has 5 heteroatoms. The molecule has 1 aliphatic heterocycles. The van der Waals surface area contributed by atoms with Crippen molar-refractivity contribution < 1.29 is 19.4 Å². The number of rotatable bonds is 1. The molecule has 1 N–H and O–H groups in total. The number of carboxylic acids is 1. The Kier molecular flexibility index (Phi) is 2.79. The molecule has 96 valence electrons. The predicted molar refractivity (Wildman–Crippen MR) is 60.6 cm³/mol. The lowest BCUT2D eigenvalue weighted by atomic mass is 9.99. The summed E-state index contributed by atoms with van der Waals surface area (Å²) in [6, 6.07) is -0.174. The molecule has 0 aromatic heterocycles. The lowest BCUT2D eigenvalue weighted by Crippen LogP contribution is -2.42. The van der Waals surface area contributed by atoms with Crippen LogP contribution in [0.2, 0.25) is 0 Å². The smallest absolute Gasteiger partial charge is 0.410 e. The van der Waals surface area contributed by atoms with Crippen LogP contribution in [0.4, 0.5) is 4.79 Å². The Hall–Kier alpha value is -1.26. The number of carbonyl (C=O) groups is 2. The fourth-order valence-corrected chi connectivity index (χ4v) is 2.90. The van der Waals surface area contributed by atoms with Gasteiger partial charge >= 0.3 is 12.1 Å². The van der Waals surface area contributed by atoms with Crippen LogP contribution in [0.25, 0.3) is 0 Å². The molecule has 17 heavy (non-hydrogen) atoms. The summed E-state index contributed by atoms with van der Waals surface area (Å²) >= 11 is 0. The highest BCUT2D eigenvalue weighted by Crippen LogP contribution is 2.43. The number of piperidine rings is 1. The minimum Gasteiger partial charge on any atom is -0.481 e. The van der Waals surface area contributed by atoms with Gasteiger partial charge in [-0.2, -0.15) is 0 Å². The van der Waals surface area contributed by atoms with Gasteiger partial charge in [0.15, 0.2) is 0 Å². The lowest BCUT2D eigenvalue weighted by Gasteiger charge is -2.30. The summed E-state index contributed by atoms with van der Waals surface area (Å²) in [5, 5.41) is 9.15. The fraction of sp³-hybridized carbons (Fsp3) is 0.833. The molecule has 1 saturated carbocycles. The van der Waals surface area contributed by atoms with E-state index in [0.717, 1.165) is 12.8 Å². The predicted octanol–water partition coefficient (Wildman–Crippen LogP) is 1.72. The third kappa shape index (κ3) is 2.23. The molecule has 1 heterocycles. The average molecular weight is 241 g/mol. The molecule has 2 rings (SSSR count). The lowest BCUT2D eigenvalue weighted by molar-refractivity contribution is -0.142. The van der Waals surface area contributed by atoms with Gasteiger partial charge < -0.3 is 14.7 Å². The second-order valence-corrected chi connectivity index (χ2v) is 5.90. The van der Waals surface area contributed by atoms with Crippen LogP contribution in [-0.4, -0.2) is 40.3 Å². The molecule has 0 radical (unpaired) electrons. The van der Waals surface area contributed by atoms with Crippen molar-refractivity contribution in [3.05, 3.63) is 0 Å². The summed E-state index contributed by atoms with van der Waals surface area (Å²) in [6.45, 7) is 5.96. The topological polar surface area (TPSA) is 66.8 Å². The SMILES string of the molecule is CC(C)(C)OC(=O)N1C[C@@H]2CC[C@H]1[C@@H]2C(=O)O. The second kappa shape index (κ2) is 3.89. The molecule has 5 nitrogen and oxygen atoms in total. The van der Waals surface area contributed by atoms with E-state index in [4.69, 9.17) is 9.84 Å². The monoisotopic (exact) mass is 241 g/mol. The first-order valence-corrected chi connectivity index (χ1v) is 6.02. The summed E-state index contributed by atoms with van der Waals surface area (Å²) in [7, 11) is 0. The van der Waals surface area contributed by atoms with Crippen LogP contribution >= 0.6 is 0 Å². The normalized spacial score (nSPS) is 31.7. The number of carbonyl (C=O) groups excluding carboxylic acids is 1. The van der Waals surface area contributed by atoms with Gasteiger partial charge in [0.05, 0.1) is 5.92 Å². The quantitative estimate of drug-likeness (QED) is 0.759. The number of hydrogen-bond donors (Lipinski definition) is 1. The van der Waals surface area contributed by atoms with Gasteiger partial charge in [0.2, 0.25) is 0 Å². The van der Waals surface area contributed by atoms with Gasteiger partial charge in [-0.05, 0) is 39.5 Å². The molecule has 1 aliphatic carbocycles. The number of likely N-dealkylation sites (tertiary alicyclic amines) is 1. The Balaban J connectivity index is 2.06. The zero-order valence-corrected chi connectivity index (χ0v) is 10.5. The van der Waals surface area contributed by atoms with Crippen molar-refractivity contribution in [2.45, 2.75) is 45.3 Å². The van der Waals surface area contributed by atoms with Crippen molar-refractivity contribution in [3.8, 4) is 0 Å². The largest absolute Gasteiger partial charge is 0.481 e. The number of nitrogens with zero attached hydrogens (tertiary/aromatic N) is 1. The van der Waals surface area contributed by atoms with E-state index in [1.165, 1.54) is 0 Å². The van der Waals surface area contributed by atoms with Crippen molar-refractivity contribution in [2.75, 3.05) is 6.54 Å². The minimum atomic E-state index is -0.788. The molecule has 2 fully saturated rings. The van der Waals surface area contributed by atoms with Crippen molar-refractivity contribution in [3.63, 3.8) is 0 Å². The highest BCUT2D eigenvalue weighted by Gasteiger charge is 2.53. The molecule has 0 spiro atoms. The highest BCUT2D eigenvalue weighted by molar-refractivity contribution is 5.76. The molecule has 1 amide bonds. The maximum Gasteiger partial charge on any atom is 0.410 e. The molecule has 0 aromatic carbocycles. The van der Waals surface area contributed by atoms with Gasteiger partial charge in [0.25, 0.3) is 0 Å². The Morgan fingerprint density at radius 2 is 1.94 bits per heavy atom. The number of ether oxygens (including phenoxy) is 1. The van der Waals surface area contributed by atoms with Crippen molar-refractivity contribution in [1.82, 2.24) is 4.90 Å².